The summed E-state index contributed by atoms with van der Waals surface area (Å²) < 4.78 is 6.44. The van der Waals surface area contributed by atoms with Gasteiger partial charge in [-0.3, -0.25) is 0 Å². The Kier molecular flexibility index (Phi) is 8.20. The van der Waals surface area contributed by atoms with Crippen LogP contribution in [0.5, 0.6) is 0 Å². The fourth-order valence-electron chi connectivity index (χ4n) is 8.39. The molecule has 6 rings (SSSR count). The zero-order chi connectivity index (χ0) is 28.9. The number of H-pyrrole nitrogens is 1. The average Bonchev–Trinajstić information content (AvgIpc) is 3.44. The molecule has 0 bridgehead atoms. The van der Waals surface area contributed by atoms with E-state index >= 15 is 0 Å². The molecule has 0 spiro atoms. The molecule has 39 heavy (non-hydrogen) atoms. The normalized spacial score (nSPS) is 34.6. The first kappa shape index (κ1) is 29.9. The Morgan fingerprint density at radius 3 is 2.46 bits per heavy atom. The third-order valence-electron chi connectivity index (χ3n) is 10.9. The lowest BCUT2D eigenvalue weighted by molar-refractivity contribution is -0.101. The molecule has 2 aromatic rings. The Bertz CT molecular complexity index is 1260. The van der Waals surface area contributed by atoms with Crippen LogP contribution in [0.1, 0.15) is 105 Å². The van der Waals surface area contributed by atoms with Gasteiger partial charge in [-0.05, 0) is 84.6 Å². The fraction of sp³-hybridized carbons (Fsp3) is 0.611. The molecule has 2 saturated carbocycles. The predicted molar refractivity (Wildman–Crippen MR) is 166 cm³/mol. The van der Waals surface area contributed by atoms with Crippen LogP contribution in [0, 0.1) is 17.3 Å². The van der Waals surface area contributed by atoms with Crippen molar-refractivity contribution >= 4 is 10.9 Å². The van der Waals surface area contributed by atoms with E-state index in [4.69, 9.17) is 4.74 Å². The molecule has 214 valence electrons. The highest BCUT2D eigenvalue weighted by Crippen LogP contribution is 2.68. The van der Waals surface area contributed by atoms with E-state index in [1.807, 2.05) is 40.7 Å². The first-order valence-corrected chi connectivity index (χ1v) is 15.5. The average molecular weight is 532 g/mol. The van der Waals surface area contributed by atoms with Gasteiger partial charge in [-0.15, -0.1) is 6.58 Å². The SMILES string of the molecule is C=CC(C)(C)c1ccc2c3c([nH]c2c1)[C@@]1(C)[C@@H](CCC2C4=CC(O)C(C(=C)C)OC4CC[C@@]21C)C3.CC.CC. The van der Waals surface area contributed by atoms with Crippen molar-refractivity contribution in [2.45, 2.75) is 124 Å². The van der Waals surface area contributed by atoms with Crippen molar-refractivity contribution in [3.05, 3.63) is 71.5 Å². The summed E-state index contributed by atoms with van der Waals surface area (Å²) in [5, 5.41) is 12.3. The number of benzene rings is 1. The van der Waals surface area contributed by atoms with E-state index in [0.29, 0.717) is 11.8 Å². The molecule has 4 aliphatic rings. The van der Waals surface area contributed by atoms with Gasteiger partial charge in [-0.1, -0.05) is 86.3 Å². The summed E-state index contributed by atoms with van der Waals surface area (Å²) in [6, 6.07) is 6.98. The van der Waals surface area contributed by atoms with Gasteiger partial charge in [-0.25, -0.2) is 0 Å². The van der Waals surface area contributed by atoms with Gasteiger partial charge in [0, 0.05) is 27.4 Å². The third-order valence-corrected chi connectivity index (χ3v) is 10.9. The topological polar surface area (TPSA) is 45.2 Å². The number of hydrogen-bond acceptors (Lipinski definition) is 2. The summed E-state index contributed by atoms with van der Waals surface area (Å²) in [5.74, 6) is 1.10. The molecule has 1 aromatic heterocycles. The monoisotopic (exact) mass is 531 g/mol. The largest absolute Gasteiger partial charge is 0.386 e. The third kappa shape index (κ3) is 4.30. The zero-order valence-corrected chi connectivity index (χ0v) is 26.1. The van der Waals surface area contributed by atoms with Gasteiger partial charge in [0.25, 0.3) is 0 Å². The molecular weight excluding hydrogens is 478 g/mol. The highest BCUT2D eigenvalue weighted by atomic mass is 16.5. The number of hydrogen-bond donors (Lipinski definition) is 2. The predicted octanol–water partition coefficient (Wildman–Crippen LogP) is 8.95. The van der Waals surface area contributed by atoms with Gasteiger partial charge in [0.15, 0.2) is 0 Å². The Morgan fingerprint density at radius 2 is 1.82 bits per heavy atom. The van der Waals surface area contributed by atoms with Crippen LogP contribution in [-0.2, 0) is 22.0 Å². The number of allylic oxidation sites excluding steroid dienone is 1. The maximum Gasteiger partial charge on any atom is 0.108 e. The lowest BCUT2D eigenvalue weighted by Gasteiger charge is -2.61. The highest BCUT2D eigenvalue weighted by molar-refractivity contribution is 5.87. The van der Waals surface area contributed by atoms with Gasteiger partial charge >= 0.3 is 0 Å². The van der Waals surface area contributed by atoms with E-state index in [0.717, 1.165) is 24.8 Å². The van der Waals surface area contributed by atoms with Crippen molar-refractivity contribution in [2.24, 2.45) is 17.3 Å². The molecule has 3 aliphatic carbocycles. The molecule has 1 aromatic carbocycles. The second kappa shape index (κ2) is 10.7. The summed E-state index contributed by atoms with van der Waals surface area (Å²) in [6.45, 7) is 27.6. The number of aromatic amines is 1. The van der Waals surface area contributed by atoms with Crippen LogP contribution >= 0.6 is 0 Å². The van der Waals surface area contributed by atoms with E-state index < -0.39 is 6.10 Å². The maximum absolute atomic E-state index is 10.9. The number of ether oxygens (including phenoxy) is 1. The number of fused-ring (bicyclic) bond motifs is 9. The first-order valence-electron chi connectivity index (χ1n) is 15.5. The van der Waals surface area contributed by atoms with Crippen LogP contribution in [-0.4, -0.2) is 28.4 Å². The van der Waals surface area contributed by atoms with E-state index in [1.54, 1.807) is 0 Å². The standard InChI is InChI=1S/C32H41NO2.2C2H6/c1-8-30(4,5)19-9-11-21-22-15-20-10-12-24-23-17-26(34)28(18(2)3)35-27(23)13-14-31(24,6)32(20,7)29(22)33-25(21)16-19;2*1-2/h8-9,11,16-17,20,24,26-28,33-34H,1-2,10,12-15H2,3-7H3;2*1-2H3/t20-,24?,26?,27?,28?,31-,32+;;/m0../s1. The molecule has 1 aliphatic heterocycles. The number of rotatable bonds is 3. The molecule has 3 heteroatoms. The quantitative estimate of drug-likeness (QED) is 0.388. The number of aliphatic hydroxyl groups excluding tert-OH is 1. The van der Waals surface area contributed by atoms with Crippen molar-refractivity contribution in [3.8, 4) is 0 Å². The molecule has 0 amide bonds. The van der Waals surface area contributed by atoms with Crippen molar-refractivity contribution in [1.82, 2.24) is 4.98 Å². The minimum absolute atomic E-state index is 0.0492. The highest BCUT2D eigenvalue weighted by Gasteiger charge is 2.63. The van der Waals surface area contributed by atoms with E-state index in [9.17, 15) is 5.11 Å². The number of nitrogens with one attached hydrogen (secondary N) is 1. The van der Waals surface area contributed by atoms with Gasteiger partial charge in [0.05, 0.1) is 6.10 Å². The van der Waals surface area contributed by atoms with Gasteiger partial charge in [0.2, 0.25) is 0 Å². The molecule has 7 atom stereocenters. The molecule has 0 radical (unpaired) electrons. The van der Waals surface area contributed by atoms with E-state index in [1.165, 1.54) is 46.1 Å². The maximum atomic E-state index is 10.9. The van der Waals surface area contributed by atoms with Gasteiger partial charge < -0.3 is 14.8 Å². The van der Waals surface area contributed by atoms with Gasteiger partial charge in [-0.2, -0.15) is 0 Å². The summed E-state index contributed by atoms with van der Waals surface area (Å²) in [5.41, 5.74) is 8.00. The molecule has 4 unspecified atom stereocenters. The smallest absolute Gasteiger partial charge is 0.108 e. The zero-order valence-electron chi connectivity index (χ0n) is 26.1. The summed E-state index contributed by atoms with van der Waals surface area (Å²) >= 11 is 0. The van der Waals surface area contributed by atoms with Crippen LogP contribution in [0.3, 0.4) is 0 Å². The van der Waals surface area contributed by atoms with Crippen LogP contribution < -0.4 is 0 Å². The van der Waals surface area contributed by atoms with Crippen molar-refractivity contribution < 1.29 is 9.84 Å². The lowest BCUT2D eigenvalue weighted by atomic mass is 9.44. The second-order valence-corrected chi connectivity index (χ2v) is 12.9. The Hall–Kier alpha value is -2.10. The summed E-state index contributed by atoms with van der Waals surface area (Å²) in [6.07, 6.45) is 9.18. The van der Waals surface area contributed by atoms with Crippen LogP contribution in [0.15, 0.2) is 54.7 Å². The molecular formula is C36H53NO2. The van der Waals surface area contributed by atoms with Crippen molar-refractivity contribution in [1.29, 1.82) is 0 Å². The molecule has 3 nitrogen and oxygen atoms in total. The Balaban J connectivity index is 0.000000845. The van der Waals surface area contributed by atoms with E-state index in [-0.39, 0.29) is 28.5 Å². The lowest BCUT2D eigenvalue weighted by Crippen LogP contribution is -2.58. The number of aromatic nitrogens is 1. The Labute approximate surface area is 237 Å². The van der Waals surface area contributed by atoms with Crippen molar-refractivity contribution in [2.75, 3.05) is 0 Å². The minimum Gasteiger partial charge on any atom is -0.386 e. The molecule has 2 heterocycles. The first-order chi connectivity index (χ1) is 18.5. The number of aliphatic hydroxyl groups is 1. The summed E-state index contributed by atoms with van der Waals surface area (Å²) in [7, 11) is 0. The second-order valence-electron chi connectivity index (χ2n) is 12.9. The van der Waals surface area contributed by atoms with Crippen molar-refractivity contribution in [3.63, 3.8) is 0 Å². The Morgan fingerprint density at radius 1 is 1.13 bits per heavy atom. The molecule has 2 fully saturated rings. The summed E-state index contributed by atoms with van der Waals surface area (Å²) in [4.78, 5) is 3.97. The van der Waals surface area contributed by atoms with Crippen LogP contribution in [0.2, 0.25) is 0 Å². The fourth-order valence-corrected chi connectivity index (χ4v) is 8.39. The minimum atomic E-state index is -0.592. The van der Waals surface area contributed by atoms with E-state index in [2.05, 4.69) is 70.1 Å². The molecule has 2 N–H and O–H groups in total. The molecule has 0 saturated heterocycles. The van der Waals surface area contributed by atoms with Crippen LogP contribution in [0.25, 0.3) is 10.9 Å². The van der Waals surface area contributed by atoms with Crippen LogP contribution in [0.4, 0.5) is 0 Å². The van der Waals surface area contributed by atoms with Gasteiger partial charge in [0.1, 0.15) is 12.2 Å².